The molecule has 0 aliphatic heterocycles. The summed E-state index contributed by atoms with van der Waals surface area (Å²) < 4.78 is 5.50. The second kappa shape index (κ2) is 72.6. The minimum absolute atomic E-state index is 0.0147. The molecular formula is C77H147NO5. The number of ether oxygens (including phenoxy) is 1. The van der Waals surface area contributed by atoms with Gasteiger partial charge in [0.2, 0.25) is 5.91 Å². The SMILES string of the molecule is CCCCCCCC/C=C\CCCCCCCCCC(=O)OCCCCCCCCCCCCCC/C=C\CCCCCCCCCCCCCCCCCC(=O)NC(CO)C(O)/C=C/CCCCCCCCCCCCCCCCCC. The van der Waals surface area contributed by atoms with Gasteiger partial charge in [0.1, 0.15) is 0 Å². The summed E-state index contributed by atoms with van der Waals surface area (Å²) in [5.74, 6) is -0.0478. The Kier molecular flexibility index (Phi) is 70.9. The maximum atomic E-state index is 12.5. The van der Waals surface area contributed by atoms with Crippen LogP contribution < -0.4 is 5.32 Å². The van der Waals surface area contributed by atoms with Gasteiger partial charge in [0.15, 0.2) is 0 Å². The van der Waals surface area contributed by atoms with E-state index < -0.39 is 12.1 Å². The number of unbranched alkanes of at least 4 members (excludes halogenated alkanes) is 56. The largest absolute Gasteiger partial charge is 0.466 e. The number of allylic oxidation sites excluding steroid dienone is 5. The second-order valence-electron chi connectivity index (χ2n) is 26.0. The van der Waals surface area contributed by atoms with Crippen molar-refractivity contribution in [3.05, 3.63) is 36.5 Å². The molecule has 0 aromatic carbocycles. The summed E-state index contributed by atoms with van der Waals surface area (Å²) in [6, 6.07) is -0.627. The lowest BCUT2D eigenvalue weighted by molar-refractivity contribution is -0.143. The summed E-state index contributed by atoms with van der Waals surface area (Å²) in [5.41, 5.74) is 0. The molecule has 2 unspecified atom stereocenters. The molecule has 3 N–H and O–H groups in total. The van der Waals surface area contributed by atoms with E-state index in [1.165, 1.54) is 347 Å². The maximum absolute atomic E-state index is 12.5. The first-order chi connectivity index (χ1) is 41.0. The van der Waals surface area contributed by atoms with Crippen molar-refractivity contribution in [3.8, 4) is 0 Å². The maximum Gasteiger partial charge on any atom is 0.305 e. The van der Waals surface area contributed by atoms with Crippen molar-refractivity contribution < 1.29 is 24.5 Å². The molecule has 0 saturated heterocycles. The zero-order chi connectivity index (χ0) is 59.9. The number of rotatable bonds is 71. The molecule has 83 heavy (non-hydrogen) atoms. The van der Waals surface area contributed by atoms with Gasteiger partial charge in [-0.05, 0) is 83.5 Å². The zero-order valence-electron chi connectivity index (χ0n) is 56.2. The normalized spacial score (nSPS) is 12.7. The number of aliphatic hydroxyl groups excluding tert-OH is 2. The van der Waals surface area contributed by atoms with E-state index in [4.69, 9.17) is 4.74 Å². The molecule has 0 aromatic heterocycles. The van der Waals surface area contributed by atoms with Gasteiger partial charge in [-0.15, -0.1) is 0 Å². The third-order valence-electron chi connectivity index (χ3n) is 17.6. The monoisotopic (exact) mass is 1170 g/mol. The summed E-state index contributed by atoms with van der Waals surface area (Å²) in [4.78, 5) is 24.6. The van der Waals surface area contributed by atoms with E-state index in [1.54, 1.807) is 6.08 Å². The molecule has 0 aliphatic carbocycles. The van der Waals surface area contributed by atoms with Crippen LogP contribution in [-0.4, -0.2) is 47.4 Å². The first kappa shape index (κ1) is 81.1. The Bertz CT molecular complexity index is 1340. The number of amides is 1. The number of hydrogen-bond donors (Lipinski definition) is 3. The molecule has 6 nitrogen and oxygen atoms in total. The van der Waals surface area contributed by atoms with Gasteiger partial charge in [0, 0.05) is 12.8 Å². The number of carbonyl (C=O) groups excluding carboxylic acids is 2. The van der Waals surface area contributed by atoms with Crippen LogP contribution >= 0.6 is 0 Å². The molecule has 1 amide bonds. The predicted molar refractivity (Wildman–Crippen MR) is 366 cm³/mol. The average molecular weight is 1170 g/mol. The van der Waals surface area contributed by atoms with Gasteiger partial charge in [-0.1, -0.05) is 359 Å². The van der Waals surface area contributed by atoms with Crippen LogP contribution in [0.1, 0.15) is 418 Å². The number of hydrogen-bond acceptors (Lipinski definition) is 5. The van der Waals surface area contributed by atoms with E-state index >= 15 is 0 Å². The topological polar surface area (TPSA) is 95.9 Å². The molecule has 0 aliphatic rings. The molecule has 0 spiro atoms. The summed E-state index contributed by atoms with van der Waals surface area (Å²) in [7, 11) is 0. The van der Waals surface area contributed by atoms with E-state index in [9.17, 15) is 19.8 Å². The second-order valence-corrected chi connectivity index (χ2v) is 26.0. The molecule has 0 saturated carbocycles. The van der Waals surface area contributed by atoms with E-state index in [2.05, 4.69) is 43.5 Å². The van der Waals surface area contributed by atoms with Gasteiger partial charge in [0.05, 0.1) is 25.4 Å². The number of carbonyl (C=O) groups is 2. The fraction of sp³-hybridized carbons (Fsp3) is 0.896. The van der Waals surface area contributed by atoms with Gasteiger partial charge in [0.25, 0.3) is 0 Å². The van der Waals surface area contributed by atoms with Crippen molar-refractivity contribution in [2.45, 2.75) is 431 Å². The Morgan fingerprint density at radius 2 is 0.566 bits per heavy atom. The molecule has 0 bridgehead atoms. The zero-order valence-corrected chi connectivity index (χ0v) is 56.2. The van der Waals surface area contributed by atoms with E-state index in [1.807, 2.05) is 6.08 Å². The first-order valence-electron chi connectivity index (χ1n) is 37.8. The average Bonchev–Trinajstić information content (AvgIpc) is 3.49. The van der Waals surface area contributed by atoms with Crippen molar-refractivity contribution in [3.63, 3.8) is 0 Å². The smallest absolute Gasteiger partial charge is 0.305 e. The summed E-state index contributed by atoms with van der Waals surface area (Å²) in [6.45, 7) is 4.94. The van der Waals surface area contributed by atoms with Gasteiger partial charge in [-0.3, -0.25) is 9.59 Å². The van der Waals surface area contributed by atoms with Crippen molar-refractivity contribution in [2.75, 3.05) is 13.2 Å². The van der Waals surface area contributed by atoms with Crippen LogP contribution in [0.2, 0.25) is 0 Å². The molecular weight excluding hydrogens is 1020 g/mol. The van der Waals surface area contributed by atoms with Gasteiger partial charge in [-0.2, -0.15) is 0 Å². The Balaban J connectivity index is 3.37. The van der Waals surface area contributed by atoms with Crippen LogP contribution in [0.25, 0.3) is 0 Å². The lowest BCUT2D eigenvalue weighted by atomic mass is 10.0. The lowest BCUT2D eigenvalue weighted by Crippen LogP contribution is -2.45. The lowest BCUT2D eigenvalue weighted by Gasteiger charge is -2.20. The molecule has 0 rings (SSSR count). The van der Waals surface area contributed by atoms with Crippen molar-refractivity contribution in [2.24, 2.45) is 0 Å². The minimum atomic E-state index is -0.844. The molecule has 6 heteroatoms. The highest BCUT2D eigenvalue weighted by Crippen LogP contribution is 2.19. The van der Waals surface area contributed by atoms with Crippen molar-refractivity contribution in [1.82, 2.24) is 5.32 Å². The van der Waals surface area contributed by atoms with Gasteiger partial charge < -0.3 is 20.3 Å². The molecule has 0 fully saturated rings. The van der Waals surface area contributed by atoms with E-state index in [0.29, 0.717) is 19.4 Å². The minimum Gasteiger partial charge on any atom is -0.466 e. The fourth-order valence-electron chi connectivity index (χ4n) is 11.9. The highest BCUT2D eigenvalue weighted by molar-refractivity contribution is 5.76. The quantitative estimate of drug-likeness (QED) is 0.0320. The van der Waals surface area contributed by atoms with Crippen LogP contribution in [0.5, 0.6) is 0 Å². The van der Waals surface area contributed by atoms with Crippen LogP contribution in [0.3, 0.4) is 0 Å². The Morgan fingerprint density at radius 3 is 0.855 bits per heavy atom. The predicted octanol–water partition coefficient (Wildman–Crippen LogP) is 24.7. The standard InChI is InChI=1S/C77H147NO5/c1-3-5-7-9-11-13-15-17-19-21-38-41-45-49-53-57-61-65-69-75(80)74(73-79)78-76(81)70-66-62-58-54-50-46-42-39-35-33-31-29-27-25-23-22-24-26-28-30-32-34-36-40-44-48-52-56-60-64-68-72-83-77(82)71-67-63-59-55-51-47-43-37-20-18-16-14-12-10-8-6-4-2/h18,20,24,26,65,69,74-75,79-80H,3-17,19,21-23,25,27-64,66-68,70-73H2,1-2H3,(H,78,81)/b20-18-,26-24-,69-65+. The summed E-state index contributed by atoms with van der Waals surface area (Å²) in [5, 5.41) is 23.2. The highest BCUT2D eigenvalue weighted by Gasteiger charge is 2.18. The molecule has 0 radical (unpaired) electrons. The van der Waals surface area contributed by atoms with E-state index in [-0.39, 0.29) is 18.5 Å². The molecule has 0 aromatic rings. The van der Waals surface area contributed by atoms with Gasteiger partial charge >= 0.3 is 5.97 Å². The highest BCUT2D eigenvalue weighted by atomic mass is 16.5. The van der Waals surface area contributed by atoms with Crippen LogP contribution in [0, 0.1) is 0 Å². The Labute approximate surface area is 519 Å². The Hall–Kier alpha value is -1.92. The fourth-order valence-corrected chi connectivity index (χ4v) is 11.9. The number of aliphatic hydroxyl groups is 2. The third kappa shape index (κ3) is 69.1. The molecule has 2 atom stereocenters. The number of nitrogens with one attached hydrogen (secondary N) is 1. The molecule has 490 valence electrons. The van der Waals surface area contributed by atoms with E-state index in [0.717, 1.165) is 44.9 Å². The molecule has 0 heterocycles. The van der Waals surface area contributed by atoms with Crippen molar-refractivity contribution >= 4 is 11.9 Å². The third-order valence-corrected chi connectivity index (χ3v) is 17.6. The van der Waals surface area contributed by atoms with Gasteiger partial charge in [-0.25, -0.2) is 0 Å². The summed E-state index contributed by atoms with van der Waals surface area (Å²) in [6.07, 6.45) is 93.9. The van der Waals surface area contributed by atoms with Crippen LogP contribution in [0.4, 0.5) is 0 Å². The van der Waals surface area contributed by atoms with Crippen LogP contribution in [0.15, 0.2) is 36.5 Å². The Morgan fingerprint density at radius 1 is 0.325 bits per heavy atom. The summed E-state index contributed by atoms with van der Waals surface area (Å²) >= 11 is 0. The van der Waals surface area contributed by atoms with Crippen LogP contribution in [-0.2, 0) is 14.3 Å². The van der Waals surface area contributed by atoms with Crippen molar-refractivity contribution in [1.29, 1.82) is 0 Å². The first-order valence-corrected chi connectivity index (χ1v) is 37.8. The number of esters is 1.